The molecule has 0 spiro atoms. The number of benzene rings is 2. The number of nitrogens with two attached hydrogens (primary N) is 1. The Balaban J connectivity index is 2.42. The van der Waals surface area contributed by atoms with E-state index in [9.17, 15) is 4.79 Å². The molecule has 0 aliphatic carbocycles. The monoisotopic (exact) mass is 257 g/mol. The van der Waals surface area contributed by atoms with Crippen LogP contribution in [0.25, 0.3) is 0 Å². The van der Waals surface area contributed by atoms with E-state index < -0.39 is 5.97 Å². The Labute approximate surface area is 111 Å². The molecule has 4 heteroatoms. The molecule has 0 heterocycles. The van der Waals surface area contributed by atoms with Gasteiger partial charge in [0, 0.05) is 11.8 Å². The van der Waals surface area contributed by atoms with Crippen LogP contribution in [0, 0.1) is 0 Å². The minimum Gasteiger partial charge on any atom is -0.478 e. The fraction of sp³-hybridized carbons (Fsp3) is 0.133. The number of nitrogen functional groups attached to an aromatic ring is 1. The molecule has 4 nitrogen and oxygen atoms in total. The Hall–Kier alpha value is -2.49. The Bertz CT molecular complexity index is 608. The van der Waals surface area contributed by atoms with Gasteiger partial charge < -0.3 is 15.6 Å². The van der Waals surface area contributed by atoms with E-state index in [1.54, 1.807) is 6.07 Å². The lowest BCUT2D eigenvalue weighted by molar-refractivity contribution is 0.0694. The lowest BCUT2D eigenvalue weighted by atomic mass is 10.1. The molecule has 0 atom stereocenters. The maximum atomic E-state index is 11.2. The van der Waals surface area contributed by atoms with E-state index in [1.165, 1.54) is 12.1 Å². The fourth-order valence-corrected chi connectivity index (χ4v) is 1.81. The van der Waals surface area contributed by atoms with Crippen molar-refractivity contribution in [3.63, 3.8) is 0 Å². The molecule has 0 saturated heterocycles. The molecule has 3 N–H and O–H groups in total. The highest BCUT2D eigenvalue weighted by Gasteiger charge is 2.13. The minimum atomic E-state index is -1.04. The average Bonchev–Trinajstić information content (AvgIpc) is 2.39. The maximum absolute atomic E-state index is 11.2. The third-order valence-corrected chi connectivity index (χ3v) is 2.81. The van der Waals surface area contributed by atoms with E-state index in [0.29, 0.717) is 11.4 Å². The van der Waals surface area contributed by atoms with Gasteiger partial charge in [-0.05, 0) is 30.2 Å². The fourth-order valence-electron chi connectivity index (χ4n) is 1.81. The predicted octanol–water partition coefficient (Wildman–Crippen LogP) is 3.32. The zero-order valence-corrected chi connectivity index (χ0v) is 10.6. The third kappa shape index (κ3) is 2.85. The van der Waals surface area contributed by atoms with E-state index >= 15 is 0 Å². The summed E-state index contributed by atoms with van der Waals surface area (Å²) in [5, 5.41) is 9.14. The first-order valence-electron chi connectivity index (χ1n) is 6.00. The normalized spacial score (nSPS) is 10.2. The number of para-hydroxylation sites is 1. The van der Waals surface area contributed by atoms with Crippen LogP contribution in [-0.2, 0) is 6.42 Å². The average molecular weight is 257 g/mol. The summed E-state index contributed by atoms with van der Waals surface area (Å²) in [4.78, 5) is 11.2. The molecule has 2 aromatic rings. The van der Waals surface area contributed by atoms with E-state index in [2.05, 4.69) is 0 Å². The maximum Gasteiger partial charge on any atom is 0.339 e. The van der Waals surface area contributed by atoms with Gasteiger partial charge in [0.2, 0.25) is 0 Å². The molecular weight excluding hydrogens is 242 g/mol. The van der Waals surface area contributed by atoms with Crippen molar-refractivity contribution < 1.29 is 14.6 Å². The van der Waals surface area contributed by atoms with Gasteiger partial charge in [-0.3, -0.25) is 0 Å². The van der Waals surface area contributed by atoms with Crippen LogP contribution in [0.5, 0.6) is 11.5 Å². The summed E-state index contributed by atoms with van der Waals surface area (Å²) in [5.74, 6) is -0.129. The van der Waals surface area contributed by atoms with Crippen LogP contribution in [0.15, 0.2) is 42.5 Å². The van der Waals surface area contributed by atoms with Crippen LogP contribution in [0.4, 0.5) is 5.69 Å². The van der Waals surface area contributed by atoms with Crippen LogP contribution >= 0.6 is 0 Å². The summed E-state index contributed by atoms with van der Waals surface area (Å²) in [5.41, 5.74) is 7.26. The molecule has 0 saturated carbocycles. The van der Waals surface area contributed by atoms with Gasteiger partial charge in [-0.25, -0.2) is 4.79 Å². The van der Waals surface area contributed by atoms with Crippen molar-refractivity contribution in [2.45, 2.75) is 13.3 Å². The molecule has 0 fully saturated rings. The standard InChI is InChI=1S/C15H15NO3/c1-2-10-5-3-4-6-13(10)19-14-9-11(16)7-8-12(14)15(17)18/h3-9H,2,16H2,1H3,(H,17,18). The summed E-state index contributed by atoms with van der Waals surface area (Å²) in [7, 11) is 0. The first-order valence-corrected chi connectivity index (χ1v) is 6.00. The number of rotatable bonds is 4. The molecule has 0 unspecified atom stereocenters. The zero-order chi connectivity index (χ0) is 13.8. The number of hydrogen-bond acceptors (Lipinski definition) is 3. The van der Waals surface area contributed by atoms with Gasteiger partial charge >= 0.3 is 5.97 Å². The number of ether oxygens (including phenoxy) is 1. The summed E-state index contributed by atoms with van der Waals surface area (Å²) in [6.45, 7) is 2.01. The second kappa shape index (κ2) is 5.44. The number of carbonyl (C=O) groups is 1. The van der Waals surface area contributed by atoms with Gasteiger partial charge in [0.25, 0.3) is 0 Å². The van der Waals surface area contributed by atoms with Crippen LogP contribution < -0.4 is 10.5 Å². The van der Waals surface area contributed by atoms with Crippen LogP contribution in [0.1, 0.15) is 22.8 Å². The lowest BCUT2D eigenvalue weighted by Crippen LogP contribution is -2.02. The summed E-state index contributed by atoms with van der Waals surface area (Å²) >= 11 is 0. The summed E-state index contributed by atoms with van der Waals surface area (Å²) < 4.78 is 5.71. The van der Waals surface area contributed by atoms with E-state index in [1.807, 2.05) is 31.2 Å². The molecule has 0 bridgehead atoms. The van der Waals surface area contributed by atoms with Gasteiger partial charge in [-0.1, -0.05) is 25.1 Å². The molecule has 19 heavy (non-hydrogen) atoms. The van der Waals surface area contributed by atoms with Crippen molar-refractivity contribution in [1.29, 1.82) is 0 Å². The van der Waals surface area contributed by atoms with Crippen molar-refractivity contribution in [3.05, 3.63) is 53.6 Å². The first-order chi connectivity index (χ1) is 9.11. The van der Waals surface area contributed by atoms with E-state index in [0.717, 1.165) is 12.0 Å². The molecule has 0 radical (unpaired) electrons. The van der Waals surface area contributed by atoms with Gasteiger partial charge in [-0.15, -0.1) is 0 Å². The van der Waals surface area contributed by atoms with Crippen LogP contribution in [0.2, 0.25) is 0 Å². The molecule has 0 aromatic heterocycles. The van der Waals surface area contributed by atoms with Crippen molar-refractivity contribution in [1.82, 2.24) is 0 Å². The quantitative estimate of drug-likeness (QED) is 0.824. The largest absolute Gasteiger partial charge is 0.478 e. The Morgan fingerprint density at radius 3 is 2.63 bits per heavy atom. The minimum absolute atomic E-state index is 0.0973. The third-order valence-electron chi connectivity index (χ3n) is 2.81. The van der Waals surface area contributed by atoms with Gasteiger partial charge in [0.1, 0.15) is 17.1 Å². The van der Waals surface area contributed by atoms with Gasteiger partial charge in [0.05, 0.1) is 0 Å². The number of carboxylic acids is 1. The Morgan fingerprint density at radius 2 is 1.95 bits per heavy atom. The molecule has 2 aromatic carbocycles. The topological polar surface area (TPSA) is 72.5 Å². The first kappa shape index (κ1) is 13.0. The predicted molar refractivity (Wildman–Crippen MR) is 73.7 cm³/mol. The molecule has 0 aliphatic heterocycles. The van der Waals surface area contributed by atoms with E-state index in [-0.39, 0.29) is 11.3 Å². The number of aromatic carboxylic acids is 1. The van der Waals surface area contributed by atoms with Gasteiger partial charge in [0.15, 0.2) is 0 Å². The highest BCUT2D eigenvalue weighted by atomic mass is 16.5. The molecule has 2 rings (SSSR count). The van der Waals surface area contributed by atoms with Crippen molar-refractivity contribution >= 4 is 11.7 Å². The Morgan fingerprint density at radius 1 is 1.21 bits per heavy atom. The Kier molecular flexibility index (Phi) is 3.71. The number of anilines is 1. The summed E-state index contributed by atoms with van der Waals surface area (Å²) in [6.07, 6.45) is 0.806. The van der Waals surface area contributed by atoms with Crippen LogP contribution in [0.3, 0.4) is 0 Å². The highest BCUT2D eigenvalue weighted by molar-refractivity contribution is 5.91. The second-order valence-electron chi connectivity index (χ2n) is 4.12. The molecular formula is C15H15NO3. The van der Waals surface area contributed by atoms with E-state index in [4.69, 9.17) is 15.6 Å². The number of aryl methyl sites for hydroxylation is 1. The lowest BCUT2D eigenvalue weighted by Gasteiger charge is -2.12. The molecule has 0 aliphatic rings. The van der Waals surface area contributed by atoms with Crippen molar-refractivity contribution in [2.24, 2.45) is 0 Å². The highest BCUT2D eigenvalue weighted by Crippen LogP contribution is 2.30. The van der Waals surface area contributed by atoms with Gasteiger partial charge in [-0.2, -0.15) is 0 Å². The second-order valence-corrected chi connectivity index (χ2v) is 4.12. The summed E-state index contributed by atoms with van der Waals surface area (Å²) in [6, 6.07) is 12.0. The smallest absolute Gasteiger partial charge is 0.339 e. The number of carboxylic acid groups (broad SMARTS) is 1. The number of hydrogen-bond donors (Lipinski definition) is 2. The van der Waals surface area contributed by atoms with Crippen molar-refractivity contribution in [3.8, 4) is 11.5 Å². The van der Waals surface area contributed by atoms with Crippen LogP contribution in [-0.4, -0.2) is 11.1 Å². The molecule has 98 valence electrons. The SMILES string of the molecule is CCc1ccccc1Oc1cc(N)ccc1C(=O)O. The zero-order valence-electron chi connectivity index (χ0n) is 10.6. The van der Waals surface area contributed by atoms with Crippen molar-refractivity contribution in [2.75, 3.05) is 5.73 Å². The molecule has 0 amide bonds.